The smallest absolute Gasteiger partial charge is 0.328 e. The van der Waals surface area contributed by atoms with E-state index in [1.165, 1.54) is 36.3 Å². The molecule has 3 rings (SSSR count). The van der Waals surface area contributed by atoms with Gasteiger partial charge in [-0.2, -0.15) is 0 Å². The number of piperidine rings is 1. The minimum absolute atomic E-state index is 0.110. The first-order valence-corrected chi connectivity index (χ1v) is 8.44. The molecule has 1 aliphatic heterocycles. The van der Waals surface area contributed by atoms with Gasteiger partial charge in [-0.05, 0) is 55.7 Å². The van der Waals surface area contributed by atoms with Gasteiger partial charge in [0.25, 0.3) is 5.91 Å². The van der Waals surface area contributed by atoms with E-state index in [9.17, 15) is 14.0 Å². The van der Waals surface area contributed by atoms with Crippen LogP contribution < -0.4 is 4.74 Å². The lowest BCUT2D eigenvalue weighted by Gasteiger charge is -2.33. The molecule has 6 nitrogen and oxygen atoms in total. The topological polar surface area (TPSA) is 69.0 Å². The van der Waals surface area contributed by atoms with Crippen LogP contribution in [0.4, 0.5) is 4.39 Å². The van der Waals surface area contributed by atoms with Crippen molar-refractivity contribution >= 4 is 11.9 Å². The largest absolute Gasteiger partial charge is 0.486 e. The SMILES string of the molecule is COC(=O)C1CCCCN1C(=O)c1ccc(COc2ccc(F)cc2)o1. The van der Waals surface area contributed by atoms with E-state index in [1.807, 2.05) is 0 Å². The van der Waals surface area contributed by atoms with Gasteiger partial charge >= 0.3 is 5.97 Å². The molecule has 1 atom stereocenters. The van der Waals surface area contributed by atoms with E-state index in [4.69, 9.17) is 13.9 Å². The number of esters is 1. The lowest BCUT2D eigenvalue weighted by Crippen LogP contribution is -2.48. The predicted molar refractivity (Wildman–Crippen MR) is 90.1 cm³/mol. The van der Waals surface area contributed by atoms with Gasteiger partial charge in [-0.3, -0.25) is 4.79 Å². The predicted octanol–water partition coefficient (Wildman–Crippen LogP) is 3.17. The van der Waals surface area contributed by atoms with E-state index >= 15 is 0 Å². The van der Waals surface area contributed by atoms with Gasteiger partial charge in [0.15, 0.2) is 5.76 Å². The molecule has 0 radical (unpaired) electrons. The Morgan fingerprint density at radius 3 is 2.69 bits per heavy atom. The highest BCUT2D eigenvalue weighted by Crippen LogP contribution is 2.22. The Balaban J connectivity index is 1.65. The van der Waals surface area contributed by atoms with Crippen molar-refractivity contribution in [2.24, 2.45) is 0 Å². The highest BCUT2D eigenvalue weighted by Gasteiger charge is 2.34. The maximum Gasteiger partial charge on any atom is 0.328 e. The number of rotatable bonds is 5. The Hall–Kier alpha value is -2.83. The Bertz CT molecular complexity index is 770. The standard InChI is InChI=1S/C19H20FNO5/c1-24-19(23)16-4-2-3-11-21(16)18(22)17-10-9-15(26-17)12-25-14-7-5-13(20)6-8-14/h5-10,16H,2-4,11-12H2,1H3. The van der Waals surface area contributed by atoms with Crippen LogP contribution in [0.2, 0.25) is 0 Å². The molecule has 1 fully saturated rings. The molecule has 1 amide bonds. The quantitative estimate of drug-likeness (QED) is 0.765. The molecule has 1 aromatic carbocycles. The second kappa shape index (κ2) is 8.03. The lowest BCUT2D eigenvalue weighted by molar-refractivity contribution is -0.147. The average Bonchev–Trinajstić information content (AvgIpc) is 3.15. The van der Waals surface area contributed by atoms with Gasteiger partial charge in [0.2, 0.25) is 0 Å². The molecular weight excluding hydrogens is 341 g/mol. The summed E-state index contributed by atoms with van der Waals surface area (Å²) in [6.07, 6.45) is 2.29. The van der Waals surface area contributed by atoms with Gasteiger partial charge in [0.05, 0.1) is 7.11 Å². The van der Waals surface area contributed by atoms with Crippen molar-refractivity contribution in [3.05, 3.63) is 53.7 Å². The van der Waals surface area contributed by atoms with E-state index in [1.54, 1.807) is 12.1 Å². The third-order valence-electron chi connectivity index (χ3n) is 4.30. The zero-order valence-electron chi connectivity index (χ0n) is 14.4. The number of hydrogen-bond donors (Lipinski definition) is 0. The second-order valence-corrected chi connectivity index (χ2v) is 6.04. The first-order valence-electron chi connectivity index (χ1n) is 8.44. The van der Waals surface area contributed by atoms with Crippen LogP contribution in [-0.2, 0) is 16.1 Å². The van der Waals surface area contributed by atoms with Crippen LogP contribution in [0.15, 0.2) is 40.8 Å². The van der Waals surface area contributed by atoms with Gasteiger partial charge in [0.1, 0.15) is 30.0 Å². The fourth-order valence-corrected chi connectivity index (χ4v) is 2.95. The minimum Gasteiger partial charge on any atom is -0.486 e. The summed E-state index contributed by atoms with van der Waals surface area (Å²) >= 11 is 0. The number of carbonyl (C=O) groups excluding carboxylic acids is 2. The number of methoxy groups -OCH3 is 1. The van der Waals surface area contributed by atoms with Crippen LogP contribution >= 0.6 is 0 Å². The second-order valence-electron chi connectivity index (χ2n) is 6.04. The summed E-state index contributed by atoms with van der Waals surface area (Å²) in [6, 6.07) is 8.26. The molecule has 0 spiro atoms. The molecule has 7 heteroatoms. The summed E-state index contributed by atoms with van der Waals surface area (Å²) in [4.78, 5) is 26.1. The molecular formula is C19H20FNO5. The van der Waals surface area contributed by atoms with E-state index in [-0.39, 0.29) is 24.1 Å². The van der Waals surface area contributed by atoms with E-state index < -0.39 is 12.0 Å². The normalized spacial score (nSPS) is 17.0. The van der Waals surface area contributed by atoms with Crippen molar-refractivity contribution in [2.45, 2.75) is 31.9 Å². The van der Waals surface area contributed by atoms with Gasteiger partial charge in [-0.25, -0.2) is 9.18 Å². The van der Waals surface area contributed by atoms with Gasteiger partial charge in [0, 0.05) is 6.54 Å². The average molecular weight is 361 g/mol. The third-order valence-corrected chi connectivity index (χ3v) is 4.30. The molecule has 1 unspecified atom stereocenters. The fourth-order valence-electron chi connectivity index (χ4n) is 2.95. The molecule has 2 aromatic rings. The number of halogens is 1. The summed E-state index contributed by atoms with van der Waals surface area (Å²) in [6.45, 7) is 0.597. The number of nitrogens with zero attached hydrogens (tertiary/aromatic N) is 1. The first-order chi connectivity index (χ1) is 12.6. The van der Waals surface area contributed by atoms with Crippen molar-refractivity contribution in [1.29, 1.82) is 0 Å². The maximum atomic E-state index is 12.9. The Labute approximate surface area is 150 Å². The fraction of sp³-hybridized carbons (Fsp3) is 0.368. The molecule has 26 heavy (non-hydrogen) atoms. The number of likely N-dealkylation sites (tertiary alicyclic amines) is 1. The monoisotopic (exact) mass is 361 g/mol. The van der Waals surface area contributed by atoms with Gasteiger partial charge < -0.3 is 18.8 Å². The molecule has 1 aromatic heterocycles. The lowest BCUT2D eigenvalue weighted by atomic mass is 10.0. The Morgan fingerprint density at radius 1 is 1.19 bits per heavy atom. The minimum atomic E-state index is -0.578. The summed E-state index contributed by atoms with van der Waals surface area (Å²) in [7, 11) is 1.32. The van der Waals surface area contributed by atoms with Crippen molar-refractivity contribution < 1.29 is 27.9 Å². The van der Waals surface area contributed by atoms with Gasteiger partial charge in [-0.1, -0.05) is 0 Å². The van der Waals surface area contributed by atoms with Crippen molar-refractivity contribution in [3.63, 3.8) is 0 Å². The molecule has 0 N–H and O–H groups in total. The number of ether oxygens (including phenoxy) is 2. The molecule has 1 aliphatic rings. The third kappa shape index (κ3) is 4.04. The van der Waals surface area contributed by atoms with Crippen LogP contribution in [0.5, 0.6) is 5.75 Å². The molecule has 0 bridgehead atoms. The number of benzene rings is 1. The van der Waals surface area contributed by atoms with Gasteiger partial charge in [-0.15, -0.1) is 0 Å². The van der Waals surface area contributed by atoms with Crippen LogP contribution in [0, 0.1) is 5.82 Å². The number of amides is 1. The first kappa shape index (κ1) is 18.0. The summed E-state index contributed by atoms with van der Waals surface area (Å²) in [5.41, 5.74) is 0. The number of hydrogen-bond acceptors (Lipinski definition) is 5. The maximum absolute atomic E-state index is 12.9. The Kier molecular flexibility index (Phi) is 5.55. The molecule has 1 saturated heterocycles. The molecule has 138 valence electrons. The summed E-state index contributed by atoms with van der Waals surface area (Å²) in [5.74, 6) is 0.0165. The molecule has 2 heterocycles. The van der Waals surface area contributed by atoms with Crippen molar-refractivity contribution in [3.8, 4) is 5.75 Å². The summed E-state index contributed by atoms with van der Waals surface area (Å²) in [5, 5.41) is 0. The van der Waals surface area contributed by atoms with Crippen LogP contribution in [0.3, 0.4) is 0 Å². The highest BCUT2D eigenvalue weighted by atomic mass is 19.1. The zero-order chi connectivity index (χ0) is 18.5. The Morgan fingerprint density at radius 2 is 1.96 bits per heavy atom. The number of furan rings is 1. The van der Waals surface area contributed by atoms with Crippen molar-refractivity contribution in [2.75, 3.05) is 13.7 Å². The van der Waals surface area contributed by atoms with Crippen molar-refractivity contribution in [1.82, 2.24) is 4.90 Å². The van der Waals surface area contributed by atoms with Crippen LogP contribution in [-0.4, -0.2) is 36.5 Å². The number of carbonyl (C=O) groups is 2. The molecule has 0 saturated carbocycles. The highest BCUT2D eigenvalue weighted by molar-refractivity contribution is 5.94. The summed E-state index contributed by atoms with van der Waals surface area (Å²) < 4.78 is 28.7. The zero-order valence-corrected chi connectivity index (χ0v) is 14.4. The van der Waals surface area contributed by atoms with E-state index in [0.717, 1.165) is 12.8 Å². The van der Waals surface area contributed by atoms with Crippen LogP contribution in [0.25, 0.3) is 0 Å². The van der Waals surface area contributed by atoms with Crippen LogP contribution in [0.1, 0.15) is 35.6 Å². The van der Waals surface area contributed by atoms with E-state index in [2.05, 4.69) is 0 Å². The molecule has 0 aliphatic carbocycles. The van der Waals surface area contributed by atoms with E-state index in [0.29, 0.717) is 24.5 Å².